The first-order valence-corrected chi connectivity index (χ1v) is 13.6. The summed E-state index contributed by atoms with van der Waals surface area (Å²) in [7, 11) is -2.59. The molecule has 8 nitrogen and oxygen atoms in total. The van der Waals surface area contributed by atoms with Gasteiger partial charge in [-0.1, -0.05) is 24.4 Å². The Kier molecular flexibility index (Phi) is 7.34. The van der Waals surface area contributed by atoms with Crippen molar-refractivity contribution in [3.8, 4) is 11.1 Å². The molecule has 3 aromatic heterocycles. The number of anilines is 1. The van der Waals surface area contributed by atoms with Gasteiger partial charge in [-0.05, 0) is 67.9 Å². The van der Waals surface area contributed by atoms with Crippen LogP contribution in [-0.2, 0) is 10.9 Å². The molecule has 3 atom stereocenters. The van der Waals surface area contributed by atoms with Crippen molar-refractivity contribution in [3.63, 3.8) is 0 Å². The van der Waals surface area contributed by atoms with E-state index in [0.717, 1.165) is 53.7 Å². The second kappa shape index (κ2) is 10.6. The monoisotopic (exact) mass is 502 g/mol. The lowest BCUT2D eigenvalue weighted by atomic mass is 9.80. The third-order valence-corrected chi connectivity index (χ3v) is 7.82. The van der Waals surface area contributed by atoms with Gasteiger partial charge in [0.2, 0.25) is 10.9 Å². The molecular weight excluding hydrogens is 472 g/mol. The Morgan fingerprint density at radius 1 is 1.15 bits per heavy atom. The zero-order chi connectivity index (χ0) is 23.5. The van der Waals surface area contributed by atoms with Crippen molar-refractivity contribution in [1.29, 1.82) is 0 Å². The molecule has 0 bridgehead atoms. The third-order valence-electron chi connectivity index (χ3n) is 7.19. The fourth-order valence-electron chi connectivity index (χ4n) is 5.27. The number of thiol groups is 1. The molecule has 2 saturated carbocycles. The van der Waals surface area contributed by atoms with E-state index in [0.29, 0.717) is 23.7 Å². The van der Waals surface area contributed by atoms with Gasteiger partial charge in [-0.15, -0.1) is 0 Å². The molecule has 3 heterocycles. The minimum absolute atomic E-state index is 0.143. The number of hydrogen-bond donors (Lipinski definition) is 5. The van der Waals surface area contributed by atoms with E-state index in [1.165, 1.54) is 19.3 Å². The minimum Gasteiger partial charge on any atom is -0.367 e. The number of hydrogen-bond acceptors (Lipinski definition) is 6. The van der Waals surface area contributed by atoms with Gasteiger partial charge in [0.25, 0.3) is 0 Å². The lowest BCUT2D eigenvalue weighted by Crippen LogP contribution is -2.52. The number of pyridine rings is 2. The van der Waals surface area contributed by atoms with E-state index in [-0.39, 0.29) is 12.1 Å². The molecule has 0 aromatic carbocycles. The highest BCUT2D eigenvalue weighted by Gasteiger charge is 2.31. The lowest BCUT2D eigenvalue weighted by molar-refractivity contribution is 0.211. The van der Waals surface area contributed by atoms with E-state index in [4.69, 9.17) is 11.6 Å². The molecule has 0 spiro atoms. The minimum atomic E-state index is -2.59. The molecule has 0 aliphatic heterocycles. The van der Waals surface area contributed by atoms with Gasteiger partial charge in [-0.2, -0.15) is 0 Å². The molecule has 10 heteroatoms. The van der Waals surface area contributed by atoms with Crippen molar-refractivity contribution >= 4 is 39.3 Å². The summed E-state index contributed by atoms with van der Waals surface area (Å²) in [6, 6.07) is 8.79. The van der Waals surface area contributed by atoms with Crippen molar-refractivity contribution in [2.75, 3.05) is 11.9 Å². The molecule has 3 unspecified atom stereocenters. The molecule has 0 radical (unpaired) electrons. The van der Waals surface area contributed by atoms with Crippen LogP contribution in [0, 0.1) is 5.92 Å². The van der Waals surface area contributed by atoms with Crippen molar-refractivity contribution in [2.45, 2.75) is 63.1 Å². The van der Waals surface area contributed by atoms with Crippen LogP contribution in [0.15, 0.2) is 36.7 Å². The summed E-state index contributed by atoms with van der Waals surface area (Å²) in [6.45, 7) is 0.445. The Hall–Kier alpha value is -2.20. The number of halogens is 1. The van der Waals surface area contributed by atoms with Crippen LogP contribution in [-0.4, -0.2) is 48.0 Å². The molecule has 0 amide bonds. The summed E-state index contributed by atoms with van der Waals surface area (Å²) in [5.74, 6) is 1.16. The summed E-state index contributed by atoms with van der Waals surface area (Å²) in [4.78, 5) is 12.1. The van der Waals surface area contributed by atoms with Crippen LogP contribution in [0.25, 0.3) is 22.2 Å². The van der Waals surface area contributed by atoms with Crippen molar-refractivity contribution in [1.82, 2.24) is 25.0 Å². The van der Waals surface area contributed by atoms with E-state index in [2.05, 4.69) is 30.3 Å². The standard InChI is InChI=1S/C24H31ClN6O2S/c25-22-11-16(20-13-27-24-19(20)8-3-9-26-24)12-23(31-22)30-18-7-1-4-15(10-18)21(14-28-34(32)33)29-17-5-2-6-17/h3,8-9,11-13,15,17-18,21,29,34H,1-2,4-7,10,14H2,(H,26,27)(H,30,31)(H,28,32,33). The number of aromatic nitrogens is 3. The van der Waals surface area contributed by atoms with Gasteiger partial charge in [0, 0.05) is 48.0 Å². The first-order valence-electron chi connectivity index (χ1n) is 12.1. The molecule has 2 aliphatic rings. The maximum absolute atomic E-state index is 11.2. The van der Waals surface area contributed by atoms with Gasteiger partial charge in [0.15, 0.2) is 0 Å². The Morgan fingerprint density at radius 2 is 1.97 bits per heavy atom. The predicted octanol–water partition coefficient (Wildman–Crippen LogP) is 3.88. The summed E-state index contributed by atoms with van der Waals surface area (Å²) in [6.07, 6.45) is 11.5. The fourth-order valence-corrected chi connectivity index (χ4v) is 5.82. The maximum atomic E-state index is 11.2. The van der Waals surface area contributed by atoms with Gasteiger partial charge in [-0.25, -0.2) is 23.1 Å². The third kappa shape index (κ3) is 5.54. The summed E-state index contributed by atoms with van der Waals surface area (Å²) in [5.41, 5.74) is 2.87. The van der Waals surface area contributed by atoms with E-state index < -0.39 is 10.9 Å². The number of aromatic amines is 1. The van der Waals surface area contributed by atoms with Gasteiger partial charge < -0.3 is 15.6 Å². The van der Waals surface area contributed by atoms with E-state index in [1.54, 1.807) is 6.20 Å². The van der Waals surface area contributed by atoms with Crippen molar-refractivity contribution in [2.24, 2.45) is 5.92 Å². The van der Waals surface area contributed by atoms with E-state index in [1.807, 2.05) is 30.5 Å². The molecule has 0 saturated heterocycles. The zero-order valence-electron chi connectivity index (χ0n) is 19.0. The van der Waals surface area contributed by atoms with Gasteiger partial charge in [0.1, 0.15) is 16.6 Å². The highest BCUT2D eigenvalue weighted by atomic mass is 35.5. The maximum Gasteiger partial charge on any atom is 0.201 e. The van der Waals surface area contributed by atoms with Crippen molar-refractivity contribution in [3.05, 3.63) is 41.8 Å². The van der Waals surface area contributed by atoms with Gasteiger partial charge in [0.05, 0.1) is 0 Å². The highest BCUT2D eigenvalue weighted by Crippen LogP contribution is 2.33. The predicted molar refractivity (Wildman–Crippen MR) is 137 cm³/mol. The number of nitrogens with one attached hydrogen (secondary N) is 4. The molecular formula is C24H31ClN6O2S. The number of fused-ring (bicyclic) bond motifs is 1. The van der Waals surface area contributed by atoms with Crippen LogP contribution in [0.2, 0.25) is 5.15 Å². The Bertz CT molecular complexity index is 1200. The molecule has 4 N–H and O–H groups in total. The zero-order valence-corrected chi connectivity index (χ0v) is 20.6. The fraction of sp³-hybridized carbons (Fsp3) is 0.500. The average Bonchev–Trinajstić information content (AvgIpc) is 3.22. The summed E-state index contributed by atoms with van der Waals surface area (Å²) in [5, 5.41) is 8.81. The van der Waals surface area contributed by atoms with Crippen LogP contribution >= 0.6 is 11.6 Å². The SMILES string of the molecule is O=[SH](=O)NCC(NC1CCC1)C1CCCC(Nc2cc(-c3c[nH]c4ncccc34)cc(Cl)n2)C1. The Balaban J connectivity index is 1.30. The van der Waals surface area contributed by atoms with Crippen LogP contribution in [0.5, 0.6) is 0 Å². The second-order valence-corrected chi connectivity index (χ2v) is 10.7. The first kappa shape index (κ1) is 23.5. The van der Waals surface area contributed by atoms with Crippen LogP contribution in [0.3, 0.4) is 0 Å². The molecule has 3 aromatic rings. The van der Waals surface area contributed by atoms with E-state index >= 15 is 0 Å². The number of H-pyrrole nitrogens is 1. The molecule has 2 aliphatic carbocycles. The largest absolute Gasteiger partial charge is 0.367 e. The number of rotatable bonds is 9. The lowest BCUT2D eigenvalue weighted by Gasteiger charge is -2.39. The van der Waals surface area contributed by atoms with Crippen LogP contribution in [0.1, 0.15) is 44.9 Å². The first-order chi connectivity index (χ1) is 16.5. The summed E-state index contributed by atoms with van der Waals surface area (Å²) >= 11 is 6.41. The molecule has 5 rings (SSSR count). The normalized spacial score (nSPS) is 22.1. The topological polar surface area (TPSA) is 112 Å². The quantitative estimate of drug-likeness (QED) is 0.224. The van der Waals surface area contributed by atoms with Gasteiger partial charge >= 0.3 is 0 Å². The molecule has 182 valence electrons. The molecule has 2 fully saturated rings. The van der Waals surface area contributed by atoms with Gasteiger partial charge in [-0.3, -0.25) is 0 Å². The smallest absolute Gasteiger partial charge is 0.201 e. The highest BCUT2D eigenvalue weighted by molar-refractivity contribution is 7.70. The van der Waals surface area contributed by atoms with E-state index in [9.17, 15) is 8.42 Å². The van der Waals surface area contributed by atoms with Crippen LogP contribution < -0.4 is 15.4 Å². The number of nitrogens with zero attached hydrogens (tertiary/aromatic N) is 2. The van der Waals surface area contributed by atoms with Crippen LogP contribution in [0.4, 0.5) is 5.82 Å². The Labute approximate surface area is 206 Å². The average molecular weight is 503 g/mol. The van der Waals surface area contributed by atoms with Crippen molar-refractivity contribution < 1.29 is 8.42 Å². The second-order valence-electron chi connectivity index (χ2n) is 9.45. The summed E-state index contributed by atoms with van der Waals surface area (Å²) < 4.78 is 25.0. The Morgan fingerprint density at radius 3 is 2.76 bits per heavy atom. The molecule has 34 heavy (non-hydrogen) atoms.